The molecule has 22 heavy (non-hydrogen) atoms. The maximum Gasteiger partial charge on any atom is 0.269 e. The number of hydrogen-bond acceptors (Lipinski definition) is 3. The summed E-state index contributed by atoms with van der Waals surface area (Å²) in [6, 6.07) is 13.2. The van der Waals surface area contributed by atoms with E-state index in [0.717, 1.165) is 11.3 Å². The van der Waals surface area contributed by atoms with Crippen molar-refractivity contribution in [2.24, 2.45) is 0 Å². The van der Waals surface area contributed by atoms with Gasteiger partial charge in [-0.2, -0.15) is 0 Å². The Morgan fingerprint density at radius 1 is 1.23 bits per heavy atom. The number of hydrogen-bond donors (Lipinski definition) is 3. The van der Waals surface area contributed by atoms with E-state index < -0.39 is 5.60 Å². The van der Waals surface area contributed by atoms with E-state index in [-0.39, 0.29) is 5.91 Å². The normalized spacial score (nSPS) is 13.6. The molecule has 0 fully saturated rings. The maximum atomic E-state index is 11.8. The molecule has 1 atom stereocenters. The van der Waals surface area contributed by atoms with E-state index >= 15 is 0 Å². The highest BCUT2D eigenvalue weighted by Gasteiger charge is 2.22. The van der Waals surface area contributed by atoms with E-state index in [1.54, 1.807) is 27.1 Å². The fraction of sp³-hybridized carbons (Fsp3) is 0.353. The number of aromatic amines is 1. The Hall–Kier alpha value is -2.11. The van der Waals surface area contributed by atoms with Gasteiger partial charge in [-0.3, -0.25) is 4.79 Å². The topological polar surface area (TPSA) is 68.4 Å². The number of carbonyl (C=O) groups excluding carboxylic acids is 1. The van der Waals surface area contributed by atoms with Crippen LogP contribution in [0.25, 0.3) is 0 Å². The van der Waals surface area contributed by atoms with Gasteiger partial charge in [0.1, 0.15) is 5.69 Å². The molecule has 0 radical (unpaired) electrons. The second-order valence-corrected chi connectivity index (χ2v) is 5.84. The van der Waals surface area contributed by atoms with Crippen LogP contribution in [0.2, 0.25) is 0 Å². The number of amides is 1. The monoisotopic (exact) mass is 301 g/mol. The smallest absolute Gasteiger partial charge is 0.269 e. The summed E-state index contributed by atoms with van der Waals surface area (Å²) in [6.07, 6.45) is 0. The third kappa shape index (κ3) is 3.96. The molecule has 0 saturated heterocycles. The number of nitrogens with one attached hydrogen (secondary N) is 2. The zero-order valence-corrected chi connectivity index (χ0v) is 13.3. The molecule has 0 spiro atoms. The summed E-state index contributed by atoms with van der Waals surface area (Å²) in [4.78, 5) is 16.4. The van der Waals surface area contributed by atoms with E-state index in [0.29, 0.717) is 18.8 Å². The van der Waals surface area contributed by atoms with Crippen molar-refractivity contribution in [2.75, 3.05) is 20.6 Å². The van der Waals surface area contributed by atoms with Gasteiger partial charge in [0.15, 0.2) is 0 Å². The molecule has 5 heteroatoms. The standard InChI is InChI=1S/C17H23N3O2/c1-17(22,13-7-5-4-6-8-13)12-18-11-14-9-10-15(19-14)16(21)20(2)3/h4-10,18-19,22H,11-12H2,1-3H3. The molecule has 1 aromatic carbocycles. The lowest BCUT2D eigenvalue weighted by molar-refractivity contribution is 0.0565. The van der Waals surface area contributed by atoms with Crippen LogP contribution in [0.3, 0.4) is 0 Å². The van der Waals surface area contributed by atoms with Gasteiger partial charge in [0, 0.05) is 32.9 Å². The first kappa shape index (κ1) is 16.3. The van der Waals surface area contributed by atoms with Crippen LogP contribution in [0.1, 0.15) is 28.7 Å². The minimum Gasteiger partial charge on any atom is -0.384 e. The van der Waals surface area contributed by atoms with Gasteiger partial charge in [-0.1, -0.05) is 30.3 Å². The molecular formula is C17H23N3O2. The minimum atomic E-state index is -0.934. The molecule has 0 aliphatic carbocycles. The van der Waals surface area contributed by atoms with Crippen LogP contribution in [-0.2, 0) is 12.1 Å². The van der Waals surface area contributed by atoms with Crippen molar-refractivity contribution in [3.63, 3.8) is 0 Å². The van der Waals surface area contributed by atoms with Crippen molar-refractivity contribution in [3.05, 3.63) is 59.4 Å². The van der Waals surface area contributed by atoms with E-state index in [1.807, 2.05) is 36.4 Å². The fourth-order valence-electron chi connectivity index (χ4n) is 2.25. The molecule has 2 rings (SSSR count). The Balaban J connectivity index is 1.90. The van der Waals surface area contributed by atoms with Gasteiger partial charge in [0.05, 0.1) is 5.60 Å². The number of H-pyrrole nitrogens is 1. The third-order valence-electron chi connectivity index (χ3n) is 3.56. The second-order valence-electron chi connectivity index (χ2n) is 5.84. The van der Waals surface area contributed by atoms with E-state index in [4.69, 9.17) is 0 Å². The summed E-state index contributed by atoms with van der Waals surface area (Å²) in [5.41, 5.74) is 1.42. The Kier molecular flexibility index (Phi) is 5.00. The Morgan fingerprint density at radius 3 is 2.55 bits per heavy atom. The quantitative estimate of drug-likeness (QED) is 0.761. The predicted octanol–water partition coefficient (Wildman–Crippen LogP) is 1.71. The molecule has 0 aliphatic heterocycles. The largest absolute Gasteiger partial charge is 0.384 e. The van der Waals surface area contributed by atoms with Gasteiger partial charge in [-0.15, -0.1) is 0 Å². The van der Waals surface area contributed by atoms with Crippen molar-refractivity contribution in [3.8, 4) is 0 Å². The van der Waals surface area contributed by atoms with Gasteiger partial charge >= 0.3 is 0 Å². The van der Waals surface area contributed by atoms with Crippen molar-refractivity contribution in [2.45, 2.75) is 19.1 Å². The molecule has 1 heterocycles. The molecule has 3 N–H and O–H groups in total. The number of nitrogens with zero attached hydrogens (tertiary/aromatic N) is 1. The number of aliphatic hydroxyl groups is 1. The van der Waals surface area contributed by atoms with Crippen LogP contribution < -0.4 is 5.32 Å². The van der Waals surface area contributed by atoms with E-state index in [2.05, 4.69) is 10.3 Å². The van der Waals surface area contributed by atoms with Gasteiger partial charge in [0.25, 0.3) is 5.91 Å². The van der Waals surface area contributed by atoms with Crippen molar-refractivity contribution >= 4 is 5.91 Å². The Bertz CT molecular complexity index is 618. The van der Waals surface area contributed by atoms with Crippen LogP contribution in [0.5, 0.6) is 0 Å². The summed E-state index contributed by atoms with van der Waals surface area (Å²) in [6.45, 7) is 2.77. The summed E-state index contributed by atoms with van der Waals surface area (Å²) in [5, 5.41) is 13.7. The molecule has 0 saturated carbocycles. The number of carbonyl (C=O) groups is 1. The number of benzene rings is 1. The van der Waals surface area contributed by atoms with Gasteiger partial charge in [-0.25, -0.2) is 0 Å². The molecular weight excluding hydrogens is 278 g/mol. The zero-order valence-electron chi connectivity index (χ0n) is 13.3. The molecule has 1 aromatic heterocycles. The van der Waals surface area contributed by atoms with Crippen LogP contribution in [-0.4, -0.2) is 41.5 Å². The summed E-state index contributed by atoms with van der Waals surface area (Å²) in [7, 11) is 3.44. The average Bonchev–Trinajstić information content (AvgIpc) is 2.96. The number of aromatic nitrogens is 1. The van der Waals surface area contributed by atoms with Crippen LogP contribution in [0, 0.1) is 0 Å². The highest BCUT2D eigenvalue weighted by atomic mass is 16.3. The summed E-state index contributed by atoms with van der Waals surface area (Å²) < 4.78 is 0. The van der Waals surface area contributed by atoms with Crippen LogP contribution in [0.15, 0.2) is 42.5 Å². The van der Waals surface area contributed by atoms with Crippen LogP contribution >= 0.6 is 0 Å². The van der Waals surface area contributed by atoms with Crippen molar-refractivity contribution < 1.29 is 9.90 Å². The molecule has 0 bridgehead atoms. The lowest BCUT2D eigenvalue weighted by Gasteiger charge is -2.24. The Labute approximate surface area is 131 Å². The molecule has 5 nitrogen and oxygen atoms in total. The van der Waals surface area contributed by atoms with Gasteiger partial charge in [-0.05, 0) is 24.6 Å². The molecule has 0 aliphatic rings. The lowest BCUT2D eigenvalue weighted by atomic mass is 9.96. The first-order chi connectivity index (χ1) is 10.4. The first-order valence-corrected chi connectivity index (χ1v) is 7.28. The number of rotatable bonds is 6. The second kappa shape index (κ2) is 6.77. The first-order valence-electron chi connectivity index (χ1n) is 7.28. The van der Waals surface area contributed by atoms with Gasteiger partial charge < -0.3 is 20.3 Å². The lowest BCUT2D eigenvalue weighted by Crippen LogP contribution is -2.35. The molecule has 2 aromatic rings. The molecule has 1 amide bonds. The highest BCUT2D eigenvalue weighted by molar-refractivity contribution is 5.92. The SMILES string of the molecule is CN(C)C(=O)c1ccc(CNCC(C)(O)c2ccccc2)[nH]1. The van der Waals surface area contributed by atoms with Crippen LogP contribution in [0.4, 0.5) is 0 Å². The molecule has 118 valence electrons. The average molecular weight is 301 g/mol. The zero-order chi connectivity index (χ0) is 16.2. The Morgan fingerprint density at radius 2 is 1.91 bits per heavy atom. The van der Waals surface area contributed by atoms with Crippen molar-refractivity contribution in [1.29, 1.82) is 0 Å². The van der Waals surface area contributed by atoms with E-state index in [9.17, 15) is 9.90 Å². The minimum absolute atomic E-state index is 0.0532. The fourth-order valence-corrected chi connectivity index (χ4v) is 2.25. The molecule has 1 unspecified atom stereocenters. The van der Waals surface area contributed by atoms with Gasteiger partial charge in [0.2, 0.25) is 0 Å². The summed E-state index contributed by atoms with van der Waals surface area (Å²) in [5.74, 6) is -0.0532. The maximum absolute atomic E-state index is 11.8. The highest BCUT2D eigenvalue weighted by Crippen LogP contribution is 2.19. The summed E-state index contributed by atoms with van der Waals surface area (Å²) >= 11 is 0. The predicted molar refractivity (Wildman–Crippen MR) is 86.5 cm³/mol. The van der Waals surface area contributed by atoms with Crippen molar-refractivity contribution in [1.82, 2.24) is 15.2 Å². The third-order valence-corrected chi connectivity index (χ3v) is 3.56. The van der Waals surface area contributed by atoms with E-state index in [1.165, 1.54) is 4.90 Å².